The van der Waals surface area contributed by atoms with Crippen molar-refractivity contribution in [1.29, 1.82) is 0 Å². The van der Waals surface area contributed by atoms with Crippen LogP contribution in [0.2, 0.25) is 0 Å². The molecule has 2 aromatic rings. The monoisotopic (exact) mass is 397 g/mol. The molecule has 29 heavy (non-hydrogen) atoms. The number of nitrogens with one attached hydrogen (secondary N) is 2. The van der Waals surface area contributed by atoms with E-state index < -0.39 is 6.10 Å². The third-order valence-corrected chi connectivity index (χ3v) is 4.30. The minimum absolute atomic E-state index is 0.0958. The van der Waals surface area contributed by atoms with Gasteiger partial charge in [-0.1, -0.05) is 12.1 Å². The Labute approximate surface area is 168 Å². The second kappa shape index (κ2) is 9.09. The zero-order valence-corrected chi connectivity index (χ0v) is 16.3. The van der Waals surface area contributed by atoms with Crippen molar-refractivity contribution < 1.29 is 23.9 Å². The molecule has 8 nitrogen and oxygen atoms in total. The molecule has 1 aliphatic heterocycles. The van der Waals surface area contributed by atoms with E-state index in [1.54, 1.807) is 49.4 Å². The predicted octanol–water partition coefficient (Wildman–Crippen LogP) is 2.27. The maximum absolute atomic E-state index is 12.8. The van der Waals surface area contributed by atoms with Crippen molar-refractivity contribution in [1.82, 2.24) is 4.90 Å². The van der Waals surface area contributed by atoms with E-state index in [4.69, 9.17) is 9.47 Å². The standard InChI is InChI=1S/C21H23N3O5/c1-3-24(21(27)19-13-28-17-6-4-5-7-18(17)29-19)12-20(26)23-16-10-8-15(9-11-16)22-14(2)25/h4-11,19H,3,12-13H2,1-2H3,(H,22,25)(H,23,26)/t19-/m1/s1. The van der Waals surface area contributed by atoms with Crippen LogP contribution in [0.3, 0.4) is 0 Å². The Morgan fingerprint density at radius 2 is 1.62 bits per heavy atom. The largest absolute Gasteiger partial charge is 0.485 e. The van der Waals surface area contributed by atoms with Crippen molar-refractivity contribution in [3.05, 3.63) is 48.5 Å². The van der Waals surface area contributed by atoms with E-state index in [0.29, 0.717) is 29.4 Å². The van der Waals surface area contributed by atoms with Gasteiger partial charge in [-0.3, -0.25) is 14.4 Å². The molecule has 0 fully saturated rings. The van der Waals surface area contributed by atoms with Crippen molar-refractivity contribution >= 4 is 29.1 Å². The first kappa shape index (κ1) is 20.2. The topological polar surface area (TPSA) is 97.0 Å². The molecule has 0 spiro atoms. The summed E-state index contributed by atoms with van der Waals surface area (Å²) in [4.78, 5) is 37.6. The number of rotatable bonds is 6. The summed E-state index contributed by atoms with van der Waals surface area (Å²) in [6, 6.07) is 13.9. The molecule has 3 amide bonds. The van der Waals surface area contributed by atoms with E-state index in [9.17, 15) is 14.4 Å². The van der Waals surface area contributed by atoms with Crippen LogP contribution in [0.15, 0.2) is 48.5 Å². The zero-order chi connectivity index (χ0) is 20.8. The molecule has 152 valence electrons. The summed E-state index contributed by atoms with van der Waals surface area (Å²) in [6.07, 6.45) is -0.797. The second-order valence-corrected chi connectivity index (χ2v) is 6.52. The van der Waals surface area contributed by atoms with Gasteiger partial charge in [0.1, 0.15) is 6.61 Å². The second-order valence-electron chi connectivity index (χ2n) is 6.52. The zero-order valence-electron chi connectivity index (χ0n) is 16.3. The lowest BCUT2D eigenvalue weighted by Gasteiger charge is -2.29. The molecule has 8 heteroatoms. The molecule has 0 saturated carbocycles. The van der Waals surface area contributed by atoms with E-state index in [1.807, 2.05) is 6.07 Å². The van der Waals surface area contributed by atoms with Crippen LogP contribution in [0.25, 0.3) is 0 Å². The highest BCUT2D eigenvalue weighted by Gasteiger charge is 2.31. The van der Waals surface area contributed by atoms with Crippen LogP contribution in [-0.4, -0.2) is 48.4 Å². The third kappa shape index (κ3) is 5.25. The minimum atomic E-state index is -0.797. The number of hydrogen-bond donors (Lipinski definition) is 2. The molecular weight excluding hydrogens is 374 g/mol. The number of ether oxygens (including phenoxy) is 2. The molecule has 1 aliphatic rings. The number of likely N-dealkylation sites (N-methyl/N-ethyl adjacent to an activating group) is 1. The summed E-state index contributed by atoms with van der Waals surface area (Å²) in [7, 11) is 0. The van der Waals surface area contributed by atoms with Crippen LogP contribution in [0.4, 0.5) is 11.4 Å². The van der Waals surface area contributed by atoms with Crippen LogP contribution >= 0.6 is 0 Å². The summed E-state index contributed by atoms with van der Waals surface area (Å²) in [5.74, 6) is 0.301. The lowest BCUT2D eigenvalue weighted by molar-refractivity contribution is -0.143. The average molecular weight is 397 g/mol. The van der Waals surface area contributed by atoms with Gasteiger partial charge in [0, 0.05) is 24.8 Å². The molecule has 2 aromatic carbocycles. The highest BCUT2D eigenvalue weighted by molar-refractivity contribution is 5.95. The molecule has 1 heterocycles. The minimum Gasteiger partial charge on any atom is -0.485 e. The molecule has 0 saturated heterocycles. The fraction of sp³-hybridized carbons (Fsp3) is 0.286. The Morgan fingerprint density at radius 3 is 2.24 bits per heavy atom. The first-order valence-electron chi connectivity index (χ1n) is 9.31. The fourth-order valence-electron chi connectivity index (χ4n) is 2.90. The molecule has 3 rings (SSSR count). The van der Waals surface area contributed by atoms with E-state index in [2.05, 4.69) is 10.6 Å². The summed E-state index contributed by atoms with van der Waals surface area (Å²) in [5.41, 5.74) is 1.20. The van der Waals surface area contributed by atoms with E-state index in [-0.39, 0.29) is 30.9 Å². The van der Waals surface area contributed by atoms with Crippen molar-refractivity contribution in [3.63, 3.8) is 0 Å². The SMILES string of the molecule is CCN(CC(=O)Nc1ccc(NC(C)=O)cc1)C(=O)[C@H]1COc2ccccc2O1. The molecule has 0 aliphatic carbocycles. The molecule has 0 bridgehead atoms. The molecule has 2 N–H and O–H groups in total. The highest BCUT2D eigenvalue weighted by Crippen LogP contribution is 2.31. The van der Waals surface area contributed by atoms with Crippen LogP contribution < -0.4 is 20.1 Å². The number of fused-ring (bicyclic) bond motifs is 1. The van der Waals surface area contributed by atoms with E-state index in [1.165, 1.54) is 11.8 Å². The number of anilines is 2. The van der Waals surface area contributed by atoms with Crippen LogP contribution in [0, 0.1) is 0 Å². The number of benzene rings is 2. The Balaban J connectivity index is 1.57. The highest BCUT2D eigenvalue weighted by atomic mass is 16.6. The van der Waals surface area contributed by atoms with Gasteiger partial charge in [0.25, 0.3) is 5.91 Å². The molecule has 1 atom stereocenters. The number of carbonyl (C=O) groups excluding carboxylic acids is 3. The van der Waals surface area contributed by atoms with Crippen molar-refractivity contribution in [3.8, 4) is 11.5 Å². The summed E-state index contributed by atoms with van der Waals surface area (Å²) >= 11 is 0. The van der Waals surface area contributed by atoms with Gasteiger partial charge in [0.2, 0.25) is 17.9 Å². The Hall–Kier alpha value is -3.55. The van der Waals surface area contributed by atoms with Crippen LogP contribution in [0.5, 0.6) is 11.5 Å². The molecule has 0 radical (unpaired) electrons. The lowest BCUT2D eigenvalue weighted by Crippen LogP contribution is -2.48. The first-order chi connectivity index (χ1) is 14.0. The van der Waals surface area contributed by atoms with Gasteiger partial charge in [0.15, 0.2) is 11.5 Å². The maximum Gasteiger partial charge on any atom is 0.267 e. The third-order valence-electron chi connectivity index (χ3n) is 4.30. The normalized spacial score (nSPS) is 14.6. The summed E-state index contributed by atoms with van der Waals surface area (Å²) in [5, 5.41) is 5.40. The Morgan fingerprint density at radius 1 is 1.00 bits per heavy atom. The molecule has 0 aromatic heterocycles. The summed E-state index contributed by atoms with van der Waals surface area (Å²) < 4.78 is 11.3. The first-order valence-corrected chi connectivity index (χ1v) is 9.31. The fourth-order valence-corrected chi connectivity index (χ4v) is 2.90. The predicted molar refractivity (Wildman–Crippen MR) is 108 cm³/mol. The van der Waals surface area contributed by atoms with Gasteiger partial charge in [0.05, 0.1) is 6.54 Å². The van der Waals surface area contributed by atoms with Gasteiger partial charge in [-0.25, -0.2) is 0 Å². The number of hydrogen-bond acceptors (Lipinski definition) is 5. The van der Waals surface area contributed by atoms with Gasteiger partial charge in [-0.15, -0.1) is 0 Å². The van der Waals surface area contributed by atoms with Crippen molar-refractivity contribution in [2.75, 3.05) is 30.3 Å². The Bertz CT molecular complexity index is 897. The van der Waals surface area contributed by atoms with Crippen molar-refractivity contribution in [2.45, 2.75) is 20.0 Å². The Kier molecular flexibility index (Phi) is 6.33. The van der Waals surface area contributed by atoms with Gasteiger partial charge in [-0.2, -0.15) is 0 Å². The number of para-hydroxylation sites is 2. The van der Waals surface area contributed by atoms with Crippen LogP contribution in [0.1, 0.15) is 13.8 Å². The average Bonchev–Trinajstić information content (AvgIpc) is 2.72. The van der Waals surface area contributed by atoms with Crippen LogP contribution in [-0.2, 0) is 14.4 Å². The quantitative estimate of drug-likeness (QED) is 0.779. The number of amides is 3. The van der Waals surface area contributed by atoms with Gasteiger partial charge >= 0.3 is 0 Å². The van der Waals surface area contributed by atoms with E-state index >= 15 is 0 Å². The van der Waals surface area contributed by atoms with Crippen molar-refractivity contribution in [2.24, 2.45) is 0 Å². The molecule has 0 unspecified atom stereocenters. The van der Waals surface area contributed by atoms with E-state index in [0.717, 1.165) is 0 Å². The number of carbonyl (C=O) groups is 3. The smallest absolute Gasteiger partial charge is 0.267 e. The van der Waals surface area contributed by atoms with Gasteiger partial charge < -0.3 is 25.0 Å². The van der Waals surface area contributed by atoms with Gasteiger partial charge in [-0.05, 0) is 43.3 Å². The molecular formula is C21H23N3O5. The summed E-state index contributed by atoms with van der Waals surface area (Å²) in [6.45, 7) is 3.56. The lowest BCUT2D eigenvalue weighted by atomic mass is 10.2. The number of nitrogens with zero attached hydrogens (tertiary/aromatic N) is 1. The maximum atomic E-state index is 12.8.